The van der Waals surface area contributed by atoms with Gasteiger partial charge in [-0.3, -0.25) is 4.79 Å². The second kappa shape index (κ2) is 5.49. The zero-order valence-electron chi connectivity index (χ0n) is 16.9. The van der Waals surface area contributed by atoms with E-state index in [2.05, 4.69) is 0 Å². The zero-order valence-corrected chi connectivity index (χ0v) is 16.9. The Labute approximate surface area is 160 Å². The molecule has 0 amide bonds. The number of carbonyl (C=O) groups excluding carboxylic acids is 1. The van der Waals surface area contributed by atoms with Crippen LogP contribution in [-0.4, -0.2) is 50.6 Å². The third-order valence-corrected chi connectivity index (χ3v) is 8.47. The molecule has 6 heteroatoms. The standard InChI is InChI=1S/C21H32O6/c1-11-8-13(22)12-9-14-19(4,27-17(12)26-11)6-7-21(25)18(2,3)15(23)10-16(24)20(14,21)5/h11,14-16,23-25H,6-10H2,1-5H3. The van der Waals surface area contributed by atoms with Crippen LogP contribution in [0.1, 0.15) is 66.7 Å². The first-order chi connectivity index (χ1) is 12.4. The van der Waals surface area contributed by atoms with Gasteiger partial charge in [-0.2, -0.15) is 0 Å². The summed E-state index contributed by atoms with van der Waals surface area (Å²) in [5.41, 5.74) is -3.06. The Kier molecular flexibility index (Phi) is 3.90. The topological polar surface area (TPSA) is 96.2 Å². The van der Waals surface area contributed by atoms with Crippen LogP contribution in [0.5, 0.6) is 0 Å². The number of ketones is 1. The molecule has 0 radical (unpaired) electrons. The van der Waals surface area contributed by atoms with Gasteiger partial charge in [0.2, 0.25) is 0 Å². The van der Waals surface area contributed by atoms with E-state index in [4.69, 9.17) is 9.47 Å². The molecule has 3 N–H and O–H groups in total. The molecular weight excluding hydrogens is 348 g/mol. The molecule has 7 atom stereocenters. The van der Waals surface area contributed by atoms with Crippen molar-refractivity contribution in [2.45, 2.75) is 96.2 Å². The monoisotopic (exact) mass is 380 g/mol. The van der Waals surface area contributed by atoms with E-state index in [0.29, 0.717) is 37.2 Å². The lowest BCUT2D eigenvalue weighted by Gasteiger charge is -2.69. The van der Waals surface area contributed by atoms with E-state index >= 15 is 0 Å². The van der Waals surface area contributed by atoms with E-state index in [9.17, 15) is 20.1 Å². The molecule has 2 aliphatic carbocycles. The van der Waals surface area contributed by atoms with Crippen molar-refractivity contribution >= 4 is 5.78 Å². The Morgan fingerprint density at radius 3 is 2.37 bits per heavy atom. The largest absolute Gasteiger partial charge is 0.462 e. The maximum absolute atomic E-state index is 12.6. The summed E-state index contributed by atoms with van der Waals surface area (Å²) in [6.07, 6.45) is 0.0138. The molecule has 2 aliphatic heterocycles. The fourth-order valence-electron chi connectivity index (χ4n) is 6.39. The average Bonchev–Trinajstić information content (AvgIpc) is 2.56. The molecule has 0 aromatic rings. The first kappa shape index (κ1) is 19.2. The van der Waals surface area contributed by atoms with Crippen LogP contribution in [0.15, 0.2) is 11.5 Å². The lowest BCUT2D eigenvalue weighted by atomic mass is 9.40. The zero-order chi connectivity index (χ0) is 20.0. The van der Waals surface area contributed by atoms with Gasteiger partial charge < -0.3 is 24.8 Å². The molecule has 4 aliphatic rings. The number of hydrogen-bond acceptors (Lipinski definition) is 6. The number of rotatable bonds is 0. The summed E-state index contributed by atoms with van der Waals surface area (Å²) in [5, 5.41) is 33.6. The van der Waals surface area contributed by atoms with Crippen LogP contribution in [0.2, 0.25) is 0 Å². The molecular formula is C21H32O6. The van der Waals surface area contributed by atoms with Crippen molar-refractivity contribution in [3.8, 4) is 0 Å². The number of aliphatic hydroxyl groups is 3. The molecule has 7 unspecified atom stereocenters. The molecule has 0 aromatic carbocycles. The fraction of sp³-hybridized carbons (Fsp3) is 0.857. The summed E-state index contributed by atoms with van der Waals surface area (Å²) < 4.78 is 12.1. The predicted octanol–water partition coefficient (Wildman–Crippen LogP) is 2.05. The summed E-state index contributed by atoms with van der Waals surface area (Å²) in [6.45, 7) is 9.49. The molecule has 4 rings (SSSR count). The van der Waals surface area contributed by atoms with Crippen molar-refractivity contribution in [1.29, 1.82) is 0 Å². The van der Waals surface area contributed by atoms with Crippen molar-refractivity contribution < 1.29 is 29.6 Å². The van der Waals surface area contributed by atoms with E-state index in [1.165, 1.54) is 0 Å². The number of allylic oxidation sites excluding steroid dienone is 1. The highest BCUT2D eigenvalue weighted by Crippen LogP contribution is 2.67. The summed E-state index contributed by atoms with van der Waals surface area (Å²) in [5.74, 6) is 0.0921. The lowest BCUT2D eigenvalue weighted by molar-refractivity contribution is -0.326. The Balaban J connectivity index is 1.83. The molecule has 152 valence electrons. The van der Waals surface area contributed by atoms with E-state index in [1.807, 2.05) is 34.6 Å². The summed E-state index contributed by atoms with van der Waals surface area (Å²) in [4.78, 5) is 12.6. The molecule has 0 aromatic heterocycles. The van der Waals surface area contributed by atoms with Crippen LogP contribution in [0, 0.1) is 16.7 Å². The number of hydrogen-bond donors (Lipinski definition) is 3. The molecule has 6 nitrogen and oxygen atoms in total. The molecule has 2 fully saturated rings. The van der Waals surface area contributed by atoms with Crippen LogP contribution in [0.25, 0.3) is 0 Å². The maximum atomic E-state index is 12.6. The van der Waals surface area contributed by atoms with Gasteiger partial charge in [0, 0.05) is 29.6 Å². The third-order valence-electron chi connectivity index (χ3n) is 8.47. The van der Waals surface area contributed by atoms with E-state index < -0.39 is 34.2 Å². The molecule has 2 saturated carbocycles. The minimum atomic E-state index is -1.27. The number of Topliss-reactive ketones (excluding diaryl/α,β-unsaturated/α-hetero) is 1. The minimum absolute atomic E-state index is 0.0214. The molecule has 0 spiro atoms. The predicted molar refractivity (Wildman–Crippen MR) is 97.5 cm³/mol. The first-order valence-electron chi connectivity index (χ1n) is 10.1. The second-order valence-electron chi connectivity index (χ2n) is 10.1. The van der Waals surface area contributed by atoms with Crippen molar-refractivity contribution in [3.63, 3.8) is 0 Å². The number of ether oxygens (including phenoxy) is 2. The van der Waals surface area contributed by atoms with Gasteiger partial charge in [-0.25, -0.2) is 0 Å². The summed E-state index contributed by atoms with van der Waals surface area (Å²) in [6, 6.07) is 0. The van der Waals surface area contributed by atoms with Crippen LogP contribution in [0.4, 0.5) is 0 Å². The Morgan fingerprint density at radius 2 is 1.70 bits per heavy atom. The van der Waals surface area contributed by atoms with Gasteiger partial charge in [-0.1, -0.05) is 20.8 Å². The smallest absolute Gasteiger partial charge is 0.286 e. The Hall–Kier alpha value is -1.11. The highest BCUT2D eigenvalue weighted by atomic mass is 16.7. The van der Waals surface area contributed by atoms with Gasteiger partial charge in [0.15, 0.2) is 5.78 Å². The van der Waals surface area contributed by atoms with Crippen molar-refractivity contribution in [1.82, 2.24) is 0 Å². The highest BCUT2D eigenvalue weighted by molar-refractivity contribution is 5.96. The van der Waals surface area contributed by atoms with Gasteiger partial charge in [-0.15, -0.1) is 0 Å². The van der Waals surface area contributed by atoms with Crippen molar-refractivity contribution in [2.24, 2.45) is 16.7 Å². The Morgan fingerprint density at radius 1 is 1.04 bits per heavy atom. The van der Waals surface area contributed by atoms with Gasteiger partial charge in [0.25, 0.3) is 5.95 Å². The van der Waals surface area contributed by atoms with Gasteiger partial charge in [0.1, 0.15) is 11.7 Å². The van der Waals surface area contributed by atoms with E-state index in [0.717, 1.165) is 0 Å². The molecule has 0 saturated heterocycles. The normalized spacial score (nSPS) is 51.5. The Bertz CT molecular complexity index is 713. The van der Waals surface area contributed by atoms with Gasteiger partial charge in [0.05, 0.1) is 23.4 Å². The molecule has 0 bridgehead atoms. The quantitative estimate of drug-likeness (QED) is 0.595. The van der Waals surface area contributed by atoms with Crippen LogP contribution in [-0.2, 0) is 14.3 Å². The van der Waals surface area contributed by atoms with Crippen LogP contribution < -0.4 is 0 Å². The minimum Gasteiger partial charge on any atom is -0.462 e. The second-order valence-corrected chi connectivity index (χ2v) is 10.1. The summed E-state index contributed by atoms with van der Waals surface area (Å²) in [7, 11) is 0. The SMILES string of the molecule is CC1CC(=O)C2=C(O1)OC1(C)CCC3(O)C(C)(C)C(O)CC(O)C3(C)C1C2. The van der Waals surface area contributed by atoms with Crippen molar-refractivity contribution in [2.75, 3.05) is 0 Å². The molecule has 2 heterocycles. The number of fused-ring (bicyclic) bond motifs is 3. The molecule has 27 heavy (non-hydrogen) atoms. The van der Waals surface area contributed by atoms with E-state index in [1.54, 1.807) is 0 Å². The lowest BCUT2D eigenvalue weighted by Crippen LogP contribution is -2.76. The van der Waals surface area contributed by atoms with Crippen LogP contribution >= 0.6 is 0 Å². The fourth-order valence-corrected chi connectivity index (χ4v) is 6.39. The maximum Gasteiger partial charge on any atom is 0.286 e. The average molecular weight is 380 g/mol. The van der Waals surface area contributed by atoms with Gasteiger partial charge in [-0.05, 0) is 33.1 Å². The van der Waals surface area contributed by atoms with Gasteiger partial charge >= 0.3 is 0 Å². The first-order valence-corrected chi connectivity index (χ1v) is 10.1. The van der Waals surface area contributed by atoms with Crippen molar-refractivity contribution in [3.05, 3.63) is 11.5 Å². The number of aliphatic hydroxyl groups excluding tert-OH is 2. The van der Waals surface area contributed by atoms with E-state index in [-0.39, 0.29) is 24.2 Å². The summed E-state index contributed by atoms with van der Waals surface area (Å²) >= 11 is 0. The third kappa shape index (κ3) is 2.21. The van der Waals surface area contributed by atoms with Crippen LogP contribution in [0.3, 0.4) is 0 Å². The highest BCUT2D eigenvalue weighted by Gasteiger charge is 2.73. The number of carbonyl (C=O) groups is 1.